The van der Waals surface area contributed by atoms with Gasteiger partial charge in [0.1, 0.15) is 11.5 Å². The molecule has 134 valence electrons. The molecule has 5 nitrogen and oxygen atoms in total. The van der Waals surface area contributed by atoms with Crippen molar-refractivity contribution in [2.75, 3.05) is 13.1 Å². The number of ketones is 2. The largest absolute Gasteiger partial charge is 0.505 e. The summed E-state index contributed by atoms with van der Waals surface area (Å²) in [6.45, 7) is 0.982. The number of rotatable bonds is 7. The van der Waals surface area contributed by atoms with Gasteiger partial charge >= 0.3 is 0 Å². The summed E-state index contributed by atoms with van der Waals surface area (Å²) in [5.41, 5.74) is 0.519. The Morgan fingerprint density at radius 3 is 2.72 bits per heavy atom. The number of unbranched alkanes of at least 4 members (excludes halogenated alkanes) is 1. The maximum atomic E-state index is 12.2. The van der Waals surface area contributed by atoms with E-state index in [1.165, 1.54) is 57.2 Å². The third kappa shape index (κ3) is 4.15. The van der Waals surface area contributed by atoms with Gasteiger partial charge in [0.2, 0.25) is 11.6 Å². The van der Waals surface area contributed by atoms with Crippen LogP contribution < -0.4 is 5.32 Å². The highest BCUT2D eigenvalue weighted by Gasteiger charge is 2.33. The molecule has 0 bridgehead atoms. The zero-order valence-corrected chi connectivity index (χ0v) is 14.6. The van der Waals surface area contributed by atoms with Crippen molar-refractivity contribution in [3.8, 4) is 0 Å². The molecule has 1 aromatic heterocycles. The van der Waals surface area contributed by atoms with Crippen molar-refractivity contribution in [1.82, 2.24) is 10.3 Å². The van der Waals surface area contributed by atoms with E-state index < -0.39 is 11.6 Å². The van der Waals surface area contributed by atoms with Gasteiger partial charge in [-0.25, -0.2) is 0 Å². The van der Waals surface area contributed by atoms with Crippen LogP contribution in [-0.2, 0) is 4.79 Å². The number of aliphatic hydroxyl groups excluding tert-OH is 1. The minimum atomic E-state index is -0.632. The number of Topliss-reactive ketones (excluding diaryl/α,β-unsaturated/α-hetero) is 2. The summed E-state index contributed by atoms with van der Waals surface area (Å²) in [5.74, 6) is -0.502. The zero-order chi connectivity index (χ0) is 17.6. The highest BCUT2D eigenvalue weighted by molar-refractivity contribution is 6.52. The SMILES string of the molecule is O=C1C(=O)c2cccnc2C(O)=C1CNCCCCC1CCCCC1. The average Bonchev–Trinajstić information content (AvgIpc) is 2.66. The summed E-state index contributed by atoms with van der Waals surface area (Å²) in [4.78, 5) is 28.3. The summed E-state index contributed by atoms with van der Waals surface area (Å²) >= 11 is 0. The zero-order valence-electron chi connectivity index (χ0n) is 14.6. The Balaban J connectivity index is 1.47. The van der Waals surface area contributed by atoms with Crippen molar-refractivity contribution < 1.29 is 14.7 Å². The molecule has 1 heterocycles. The third-order valence-corrected chi connectivity index (χ3v) is 5.29. The number of carbonyl (C=O) groups excluding carboxylic acids is 2. The third-order valence-electron chi connectivity index (χ3n) is 5.29. The van der Waals surface area contributed by atoms with Crippen LogP contribution in [0.1, 0.15) is 67.4 Å². The van der Waals surface area contributed by atoms with Crippen LogP contribution in [0.25, 0.3) is 5.76 Å². The summed E-state index contributed by atoms with van der Waals surface area (Å²) < 4.78 is 0. The van der Waals surface area contributed by atoms with Gasteiger partial charge in [0, 0.05) is 12.7 Å². The highest BCUT2D eigenvalue weighted by Crippen LogP contribution is 2.28. The molecular formula is C20H26N2O3. The minimum Gasteiger partial charge on any atom is -0.505 e. The fraction of sp³-hybridized carbons (Fsp3) is 0.550. The van der Waals surface area contributed by atoms with Gasteiger partial charge in [0.05, 0.1) is 11.1 Å². The highest BCUT2D eigenvalue weighted by atomic mass is 16.3. The lowest BCUT2D eigenvalue weighted by Crippen LogP contribution is -2.31. The molecule has 0 unspecified atom stereocenters. The number of fused-ring (bicyclic) bond motifs is 1. The Hall–Kier alpha value is -2.01. The van der Waals surface area contributed by atoms with E-state index in [9.17, 15) is 14.7 Å². The molecule has 0 aliphatic heterocycles. The Kier molecular flexibility index (Phi) is 5.97. The first-order valence-corrected chi connectivity index (χ1v) is 9.35. The van der Waals surface area contributed by atoms with Crippen LogP contribution in [0.4, 0.5) is 0 Å². The van der Waals surface area contributed by atoms with E-state index in [0.717, 1.165) is 18.9 Å². The van der Waals surface area contributed by atoms with E-state index in [0.29, 0.717) is 0 Å². The van der Waals surface area contributed by atoms with Gasteiger partial charge in [-0.1, -0.05) is 44.9 Å². The Morgan fingerprint density at radius 1 is 1.12 bits per heavy atom. The Bertz CT molecular complexity index is 675. The quantitative estimate of drug-likeness (QED) is 0.586. The number of aliphatic hydroxyl groups is 1. The van der Waals surface area contributed by atoms with Crippen LogP contribution >= 0.6 is 0 Å². The molecule has 0 amide bonds. The second kappa shape index (κ2) is 8.39. The van der Waals surface area contributed by atoms with Crippen molar-refractivity contribution in [2.45, 2.75) is 51.4 Å². The lowest BCUT2D eigenvalue weighted by molar-refractivity contribution is -0.112. The van der Waals surface area contributed by atoms with Gasteiger partial charge < -0.3 is 10.4 Å². The summed E-state index contributed by atoms with van der Waals surface area (Å²) in [6.07, 6.45) is 11.9. The summed E-state index contributed by atoms with van der Waals surface area (Å²) in [5, 5.41) is 13.5. The molecule has 2 aliphatic rings. The normalized spacial score (nSPS) is 18.6. The monoisotopic (exact) mass is 342 g/mol. The first-order valence-electron chi connectivity index (χ1n) is 9.35. The Morgan fingerprint density at radius 2 is 1.92 bits per heavy atom. The molecule has 2 N–H and O–H groups in total. The molecule has 2 aliphatic carbocycles. The fourth-order valence-electron chi connectivity index (χ4n) is 3.82. The Labute approximate surface area is 148 Å². The van der Waals surface area contributed by atoms with Crippen LogP contribution in [0.5, 0.6) is 0 Å². The molecular weight excluding hydrogens is 316 g/mol. The van der Waals surface area contributed by atoms with Gasteiger partial charge in [-0.2, -0.15) is 0 Å². The lowest BCUT2D eigenvalue weighted by atomic mass is 9.86. The van der Waals surface area contributed by atoms with Crippen molar-refractivity contribution in [2.24, 2.45) is 5.92 Å². The number of pyridine rings is 1. The van der Waals surface area contributed by atoms with Gasteiger partial charge in [-0.05, 0) is 31.0 Å². The molecule has 1 aromatic rings. The van der Waals surface area contributed by atoms with Gasteiger partial charge in [-0.3, -0.25) is 14.6 Å². The number of carbonyl (C=O) groups is 2. The molecule has 3 rings (SSSR count). The topological polar surface area (TPSA) is 79.3 Å². The molecule has 1 fully saturated rings. The maximum Gasteiger partial charge on any atom is 0.235 e. The molecule has 25 heavy (non-hydrogen) atoms. The summed E-state index contributed by atoms with van der Waals surface area (Å²) in [6, 6.07) is 3.11. The van der Waals surface area contributed by atoms with Crippen molar-refractivity contribution in [3.63, 3.8) is 0 Å². The van der Waals surface area contributed by atoms with Crippen LogP contribution in [0.15, 0.2) is 23.9 Å². The molecule has 1 saturated carbocycles. The number of hydrogen-bond acceptors (Lipinski definition) is 5. The first kappa shape index (κ1) is 17.8. The molecule has 0 spiro atoms. The second-order valence-electron chi connectivity index (χ2n) is 7.06. The second-order valence-corrected chi connectivity index (χ2v) is 7.06. The van der Waals surface area contributed by atoms with Gasteiger partial charge in [-0.15, -0.1) is 0 Å². The van der Waals surface area contributed by atoms with E-state index >= 15 is 0 Å². The van der Waals surface area contributed by atoms with E-state index in [4.69, 9.17) is 0 Å². The molecule has 0 atom stereocenters. The predicted octanol–water partition coefficient (Wildman–Crippen LogP) is 3.46. The molecule has 0 radical (unpaired) electrons. The van der Waals surface area contributed by atoms with Gasteiger partial charge in [0.25, 0.3) is 0 Å². The van der Waals surface area contributed by atoms with Gasteiger partial charge in [0.15, 0.2) is 0 Å². The number of aromatic nitrogens is 1. The van der Waals surface area contributed by atoms with Crippen LogP contribution in [-0.4, -0.2) is 34.7 Å². The van der Waals surface area contributed by atoms with Crippen molar-refractivity contribution in [1.29, 1.82) is 0 Å². The first-order chi connectivity index (χ1) is 12.2. The van der Waals surface area contributed by atoms with Crippen LogP contribution in [0.3, 0.4) is 0 Å². The fourth-order valence-corrected chi connectivity index (χ4v) is 3.82. The van der Waals surface area contributed by atoms with E-state index in [1.54, 1.807) is 6.07 Å². The van der Waals surface area contributed by atoms with E-state index in [-0.39, 0.29) is 29.1 Å². The van der Waals surface area contributed by atoms with Crippen molar-refractivity contribution in [3.05, 3.63) is 35.2 Å². The molecule has 0 aromatic carbocycles. The smallest absolute Gasteiger partial charge is 0.235 e. The molecule has 0 saturated heterocycles. The number of hydrogen-bond donors (Lipinski definition) is 2. The lowest BCUT2D eigenvalue weighted by Gasteiger charge is -2.21. The molecule has 5 heteroatoms. The number of nitrogens with one attached hydrogen (secondary N) is 1. The van der Waals surface area contributed by atoms with Crippen LogP contribution in [0.2, 0.25) is 0 Å². The van der Waals surface area contributed by atoms with E-state index in [1.807, 2.05) is 0 Å². The minimum absolute atomic E-state index is 0.128. The van der Waals surface area contributed by atoms with E-state index in [2.05, 4.69) is 10.3 Å². The standard InChI is InChI=1S/C20H26N2O3/c23-18-16(20(25)19(24)15-10-6-12-22-17(15)18)13-21-11-5-4-9-14-7-2-1-3-8-14/h6,10,12,14,21,23H,1-5,7-9,11,13H2. The van der Waals surface area contributed by atoms with Crippen LogP contribution in [0, 0.1) is 5.92 Å². The van der Waals surface area contributed by atoms with Crippen molar-refractivity contribution >= 4 is 17.3 Å². The number of nitrogens with zero attached hydrogens (tertiary/aromatic N) is 1. The summed E-state index contributed by atoms with van der Waals surface area (Å²) in [7, 11) is 0. The predicted molar refractivity (Wildman–Crippen MR) is 96.4 cm³/mol. The maximum absolute atomic E-state index is 12.2. The average molecular weight is 342 g/mol.